The van der Waals surface area contributed by atoms with E-state index in [4.69, 9.17) is 0 Å². The minimum Gasteiger partial charge on any atom is -0.207 e. The summed E-state index contributed by atoms with van der Waals surface area (Å²) in [4.78, 5) is 0. The Morgan fingerprint density at radius 2 is 1.38 bits per heavy atom. The summed E-state index contributed by atoms with van der Waals surface area (Å²) in [5.41, 5.74) is 0.991. The highest BCUT2D eigenvalue weighted by atomic mass is 19.1. The van der Waals surface area contributed by atoms with Crippen LogP contribution in [0, 0.1) is 35.4 Å². The molecular weight excluding hydrogens is 355 g/mol. The van der Waals surface area contributed by atoms with Crippen molar-refractivity contribution < 1.29 is 4.39 Å². The first-order chi connectivity index (χ1) is 14.2. The Hall–Kier alpha value is -0.850. The number of unbranched alkanes of at least 4 members (excludes halogenated alkanes) is 3. The molecule has 1 aromatic carbocycles. The lowest BCUT2D eigenvalue weighted by atomic mass is 9.60. The van der Waals surface area contributed by atoms with Gasteiger partial charge in [0.2, 0.25) is 0 Å². The molecule has 0 heterocycles. The second-order valence-electron chi connectivity index (χ2n) is 10.8. The quantitative estimate of drug-likeness (QED) is 0.402. The maximum Gasteiger partial charge on any atom is 0.126 e. The van der Waals surface area contributed by atoms with Crippen LogP contribution in [0.5, 0.6) is 0 Å². The van der Waals surface area contributed by atoms with E-state index in [0.717, 1.165) is 35.2 Å². The van der Waals surface area contributed by atoms with Gasteiger partial charge in [0.1, 0.15) is 5.82 Å². The molecule has 0 aliphatic heterocycles. The third-order valence-electron chi connectivity index (χ3n) is 9.02. The molecule has 1 heteroatoms. The molecule has 3 aliphatic carbocycles. The molecule has 0 amide bonds. The van der Waals surface area contributed by atoms with Gasteiger partial charge in [-0.15, -0.1) is 0 Å². The first-order valence-electron chi connectivity index (χ1n) is 13.0. The Balaban J connectivity index is 1.22. The number of halogens is 1. The average molecular weight is 399 g/mol. The van der Waals surface area contributed by atoms with E-state index in [0.29, 0.717) is 5.92 Å². The van der Waals surface area contributed by atoms with E-state index in [2.05, 4.69) is 6.92 Å². The molecular formula is C28H43F. The van der Waals surface area contributed by atoms with Crippen LogP contribution in [0.2, 0.25) is 0 Å². The topological polar surface area (TPSA) is 0 Å². The summed E-state index contributed by atoms with van der Waals surface area (Å²) in [5, 5.41) is 0. The fourth-order valence-corrected chi connectivity index (χ4v) is 7.25. The highest BCUT2D eigenvalue weighted by Gasteiger charge is 2.39. The molecule has 0 saturated heterocycles. The van der Waals surface area contributed by atoms with Gasteiger partial charge < -0.3 is 0 Å². The van der Waals surface area contributed by atoms with Crippen LogP contribution in [-0.4, -0.2) is 0 Å². The van der Waals surface area contributed by atoms with Crippen LogP contribution in [0.1, 0.15) is 115 Å². The van der Waals surface area contributed by atoms with Gasteiger partial charge in [-0.2, -0.15) is 0 Å². The Kier molecular flexibility index (Phi) is 7.71. The summed E-state index contributed by atoms with van der Waals surface area (Å²) in [6.07, 6.45) is 21.4. The molecule has 4 rings (SSSR count). The molecule has 3 saturated carbocycles. The lowest BCUT2D eigenvalue weighted by Gasteiger charge is -2.45. The largest absolute Gasteiger partial charge is 0.207 e. The second-order valence-corrected chi connectivity index (χ2v) is 10.8. The fourth-order valence-electron chi connectivity index (χ4n) is 7.25. The molecule has 4 atom stereocenters. The van der Waals surface area contributed by atoms with Crippen molar-refractivity contribution in [2.24, 2.45) is 29.6 Å². The van der Waals surface area contributed by atoms with Crippen molar-refractivity contribution in [1.82, 2.24) is 0 Å². The Morgan fingerprint density at radius 1 is 0.724 bits per heavy atom. The van der Waals surface area contributed by atoms with Crippen molar-refractivity contribution in [3.8, 4) is 0 Å². The molecule has 0 radical (unpaired) electrons. The minimum atomic E-state index is 0.0242. The van der Waals surface area contributed by atoms with Crippen LogP contribution in [0.3, 0.4) is 0 Å². The lowest BCUT2D eigenvalue weighted by molar-refractivity contribution is 0.0706. The van der Waals surface area contributed by atoms with E-state index in [-0.39, 0.29) is 5.82 Å². The van der Waals surface area contributed by atoms with Gasteiger partial charge in [-0.3, -0.25) is 0 Å². The van der Waals surface area contributed by atoms with Crippen LogP contribution in [0.4, 0.5) is 4.39 Å². The molecule has 0 N–H and O–H groups in total. The fraction of sp³-hybridized carbons (Fsp3) is 0.786. The summed E-state index contributed by atoms with van der Waals surface area (Å²) in [6.45, 7) is 2.31. The van der Waals surface area contributed by atoms with Gasteiger partial charge in [-0.25, -0.2) is 4.39 Å². The molecule has 3 fully saturated rings. The molecule has 0 bridgehead atoms. The summed E-state index contributed by atoms with van der Waals surface area (Å²) in [5.74, 6) is 5.35. The molecule has 162 valence electrons. The van der Waals surface area contributed by atoms with Crippen LogP contribution < -0.4 is 0 Å². The van der Waals surface area contributed by atoms with Crippen LogP contribution >= 0.6 is 0 Å². The van der Waals surface area contributed by atoms with E-state index in [1.54, 1.807) is 6.07 Å². The molecule has 3 aliphatic rings. The smallest absolute Gasteiger partial charge is 0.126 e. The van der Waals surface area contributed by atoms with Gasteiger partial charge in [0.15, 0.2) is 0 Å². The van der Waals surface area contributed by atoms with Gasteiger partial charge in [0.25, 0.3) is 0 Å². The summed E-state index contributed by atoms with van der Waals surface area (Å²) in [6, 6.07) is 7.53. The van der Waals surface area contributed by atoms with Crippen LogP contribution in [-0.2, 0) is 0 Å². The lowest BCUT2D eigenvalue weighted by Crippen LogP contribution is -2.34. The normalized spacial score (nSPS) is 35.2. The molecule has 4 unspecified atom stereocenters. The van der Waals surface area contributed by atoms with Gasteiger partial charge in [0.05, 0.1) is 0 Å². The second kappa shape index (κ2) is 10.5. The van der Waals surface area contributed by atoms with Crippen LogP contribution in [0.15, 0.2) is 24.3 Å². The van der Waals surface area contributed by atoms with E-state index < -0.39 is 0 Å². The molecule has 1 aromatic rings. The predicted octanol–water partition coefficient (Wildman–Crippen LogP) is 8.90. The molecule has 0 aromatic heterocycles. The molecule has 29 heavy (non-hydrogen) atoms. The van der Waals surface area contributed by atoms with Gasteiger partial charge >= 0.3 is 0 Å². The maximum absolute atomic E-state index is 14.3. The van der Waals surface area contributed by atoms with Crippen molar-refractivity contribution in [2.75, 3.05) is 0 Å². The third kappa shape index (κ3) is 5.45. The Bertz CT molecular complexity index is 614. The maximum atomic E-state index is 14.3. The van der Waals surface area contributed by atoms with Crippen molar-refractivity contribution in [2.45, 2.75) is 109 Å². The highest BCUT2D eigenvalue weighted by molar-refractivity contribution is 5.22. The van der Waals surface area contributed by atoms with E-state index in [1.165, 1.54) is 96.3 Å². The van der Waals surface area contributed by atoms with E-state index in [9.17, 15) is 4.39 Å². The van der Waals surface area contributed by atoms with E-state index in [1.807, 2.05) is 18.2 Å². The SMILES string of the molecule is CCCCCCC1CCC(C2CCC3CC(c4ccccc4F)CCC3C2)CC1. The number of rotatable bonds is 7. The number of fused-ring (bicyclic) bond motifs is 1. The first kappa shape index (κ1) is 21.4. The van der Waals surface area contributed by atoms with Crippen molar-refractivity contribution in [1.29, 1.82) is 0 Å². The van der Waals surface area contributed by atoms with Crippen molar-refractivity contribution >= 4 is 0 Å². The van der Waals surface area contributed by atoms with Crippen LogP contribution in [0.25, 0.3) is 0 Å². The van der Waals surface area contributed by atoms with Gasteiger partial charge in [-0.1, -0.05) is 70.1 Å². The number of hydrogen-bond acceptors (Lipinski definition) is 0. The number of hydrogen-bond donors (Lipinski definition) is 0. The summed E-state index contributed by atoms with van der Waals surface area (Å²) in [7, 11) is 0. The monoisotopic (exact) mass is 398 g/mol. The average Bonchev–Trinajstić information content (AvgIpc) is 2.77. The molecule has 0 spiro atoms. The Morgan fingerprint density at radius 3 is 2.14 bits per heavy atom. The molecule has 0 nitrogen and oxygen atoms in total. The highest BCUT2D eigenvalue weighted by Crippen LogP contribution is 2.51. The Labute approximate surface area is 179 Å². The standard InChI is InChI=1S/C28H43F/c1-2-3-4-5-8-21-11-13-22(14-12-21)23-15-16-25-20-26(18-17-24(25)19-23)27-9-6-7-10-28(27)29/h6-7,9-10,21-26H,2-5,8,11-20H2,1H3. The zero-order valence-corrected chi connectivity index (χ0v) is 18.8. The zero-order valence-electron chi connectivity index (χ0n) is 18.8. The number of benzene rings is 1. The minimum absolute atomic E-state index is 0.0242. The summed E-state index contributed by atoms with van der Waals surface area (Å²) < 4.78 is 14.3. The predicted molar refractivity (Wildman–Crippen MR) is 122 cm³/mol. The van der Waals surface area contributed by atoms with Crippen molar-refractivity contribution in [3.63, 3.8) is 0 Å². The third-order valence-corrected chi connectivity index (χ3v) is 9.02. The van der Waals surface area contributed by atoms with Crippen molar-refractivity contribution in [3.05, 3.63) is 35.6 Å². The van der Waals surface area contributed by atoms with Gasteiger partial charge in [-0.05, 0) is 98.5 Å². The first-order valence-corrected chi connectivity index (χ1v) is 13.0. The van der Waals surface area contributed by atoms with E-state index >= 15 is 0 Å². The zero-order chi connectivity index (χ0) is 20.1. The van der Waals surface area contributed by atoms with Gasteiger partial charge in [0, 0.05) is 0 Å². The summed E-state index contributed by atoms with van der Waals surface area (Å²) >= 11 is 0.